The molecule has 0 bridgehead atoms. The second-order valence-corrected chi connectivity index (χ2v) is 5.31. The number of aliphatic hydroxyl groups excluding tert-OH is 1. The van der Waals surface area contributed by atoms with Gasteiger partial charge in [-0.05, 0) is 42.0 Å². The van der Waals surface area contributed by atoms with Gasteiger partial charge in [-0.2, -0.15) is 0 Å². The monoisotopic (exact) mass is 253 g/mol. The van der Waals surface area contributed by atoms with Gasteiger partial charge in [-0.25, -0.2) is 0 Å². The SMILES string of the molecule is Nc1ccccc1C(O)Cc1ccc2c(c1)CCC2. The number of benzene rings is 2. The first kappa shape index (κ1) is 12.2. The second kappa shape index (κ2) is 5.06. The summed E-state index contributed by atoms with van der Waals surface area (Å²) >= 11 is 0. The minimum atomic E-state index is -0.527. The van der Waals surface area contributed by atoms with E-state index in [0.717, 1.165) is 5.56 Å². The molecule has 19 heavy (non-hydrogen) atoms. The van der Waals surface area contributed by atoms with Crippen LogP contribution in [0.15, 0.2) is 42.5 Å². The van der Waals surface area contributed by atoms with Gasteiger partial charge in [0.25, 0.3) is 0 Å². The van der Waals surface area contributed by atoms with Crippen molar-refractivity contribution in [1.29, 1.82) is 0 Å². The molecule has 3 rings (SSSR count). The van der Waals surface area contributed by atoms with Gasteiger partial charge in [0.15, 0.2) is 0 Å². The maximum atomic E-state index is 10.3. The van der Waals surface area contributed by atoms with Crippen LogP contribution >= 0.6 is 0 Å². The number of aryl methyl sites for hydroxylation is 2. The Balaban J connectivity index is 1.80. The number of nitrogens with two attached hydrogens (primary N) is 1. The van der Waals surface area contributed by atoms with Crippen molar-refractivity contribution in [3.8, 4) is 0 Å². The first-order chi connectivity index (χ1) is 9.24. The molecule has 2 nitrogen and oxygen atoms in total. The Morgan fingerprint density at radius 3 is 2.68 bits per heavy atom. The topological polar surface area (TPSA) is 46.2 Å². The number of anilines is 1. The Hall–Kier alpha value is -1.80. The summed E-state index contributed by atoms with van der Waals surface area (Å²) in [6, 6.07) is 14.1. The summed E-state index contributed by atoms with van der Waals surface area (Å²) in [4.78, 5) is 0. The average molecular weight is 253 g/mol. The number of rotatable bonds is 3. The Kier molecular flexibility index (Phi) is 3.26. The van der Waals surface area contributed by atoms with Crippen LogP contribution in [0.25, 0.3) is 0 Å². The third-order valence-electron chi connectivity index (χ3n) is 3.95. The highest BCUT2D eigenvalue weighted by Gasteiger charge is 2.14. The molecule has 0 aromatic heterocycles. The molecule has 2 aromatic rings. The van der Waals surface area contributed by atoms with Crippen molar-refractivity contribution in [3.05, 3.63) is 64.7 Å². The molecule has 1 atom stereocenters. The second-order valence-electron chi connectivity index (χ2n) is 5.31. The van der Waals surface area contributed by atoms with E-state index in [0.29, 0.717) is 12.1 Å². The molecule has 0 spiro atoms. The lowest BCUT2D eigenvalue weighted by Crippen LogP contribution is -2.05. The number of aliphatic hydroxyl groups is 1. The van der Waals surface area contributed by atoms with Crippen LogP contribution in [-0.4, -0.2) is 5.11 Å². The van der Waals surface area contributed by atoms with E-state index in [1.54, 1.807) is 0 Å². The molecule has 0 saturated heterocycles. The van der Waals surface area contributed by atoms with Crippen molar-refractivity contribution < 1.29 is 5.11 Å². The largest absolute Gasteiger partial charge is 0.398 e. The van der Waals surface area contributed by atoms with Gasteiger partial charge in [-0.3, -0.25) is 0 Å². The van der Waals surface area contributed by atoms with Gasteiger partial charge >= 0.3 is 0 Å². The number of para-hydroxylation sites is 1. The van der Waals surface area contributed by atoms with Gasteiger partial charge < -0.3 is 10.8 Å². The van der Waals surface area contributed by atoms with E-state index >= 15 is 0 Å². The number of nitrogen functional groups attached to an aromatic ring is 1. The molecule has 1 unspecified atom stereocenters. The molecular weight excluding hydrogens is 234 g/mol. The van der Waals surface area contributed by atoms with E-state index in [4.69, 9.17) is 5.73 Å². The number of hydrogen-bond acceptors (Lipinski definition) is 2. The van der Waals surface area contributed by atoms with Crippen LogP contribution < -0.4 is 5.73 Å². The first-order valence-corrected chi connectivity index (χ1v) is 6.87. The third-order valence-corrected chi connectivity index (χ3v) is 3.95. The molecule has 0 aliphatic heterocycles. The highest BCUT2D eigenvalue weighted by Crippen LogP contribution is 2.27. The fraction of sp³-hybridized carbons (Fsp3) is 0.294. The molecule has 0 heterocycles. The van der Waals surface area contributed by atoms with E-state index in [1.165, 1.54) is 36.0 Å². The molecule has 98 valence electrons. The van der Waals surface area contributed by atoms with Gasteiger partial charge in [-0.1, -0.05) is 36.4 Å². The maximum absolute atomic E-state index is 10.3. The van der Waals surface area contributed by atoms with E-state index in [9.17, 15) is 5.11 Å². The lowest BCUT2D eigenvalue weighted by molar-refractivity contribution is 0.179. The summed E-state index contributed by atoms with van der Waals surface area (Å²) in [5.74, 6) is 0. The summed E-state index contributed by atoms with van der Waals surface area (Å²) in [6.45, 7) is 0. The van der Waals surface area contributed by atoms with Crippen molar-refractivity contribution in [3.63, 3.8) is 0 Å². The minimum Gasteiger partial charge on any atom is -0.398 e. The van der Waals surface area contributed by atoms with Crippen LogP contribution in [0, 0.1) is 0 Å². The molecular formula is C17H19NO. The lowest BCUT2D eigenvalue weighted by atomic mass is 9.97. The van der Waals surface area contributed by atoms with E-state index in [1.807, 2.05) is 24.3 Å². The quantitative estimate of drug-likeness (QED) is 0.826. The molecule has 0 amide bonds. The number of hydrogen-bond donors (Lipinski definition) is 2. The van der Waals surface area contributed by atoms with Crippen molar-refractivity contribution in [2.75, 3.05) is 5.73 Å². The van der Waals surface area contributed by atoms with Crippen LogP contribution in [-0.2, 0) is 19.3 Å². The Labute approximate surface area is 113 Å². The van der Waals surface area contributed by atoms with E-state index in [-0.39, 0.29) is 0 Å². The van der Waals surface area contributed by atoms with Crippen LogP contribution in [0.2, 0.25) is 0 Å². The van der Waals surface area contributed by atoms with Crippen LogP contribution in [0.5, 0.6) is 0 Å². The van der Waals surface area contributed by atoms with Gasteiger partial charge in [0.1, 0.15) is 0 Å². The normalized spacial score (nSPS) is 15.2. The lowest BCUT2D eigenvalue weighted by Gasteiger charge is -2.14. The zero-order valence-electron chi connectivity index (χ0n) is 11.0. The standard InChI is InChI=1S/C17H19NO/c18-16-7-2-1-6-15(16)17(19)11-12-8-9-13-4-3-5-14(13)10-12/h1-2,6-10,17,19H,3-5,11,18H2. The van der Waals surface area contributed by atoms with E-state index in [2.05, 4.69) is 18.2 Å². The van der Waals surface area contributed by atoms with Gasteiger partial charge in [-0.15, -0.1) is 0 Å². The summed E-state index contributed by atoms with van der Waals surface area (Å²) < 4.78 is 0. The third kappa shape index (κ3) is 2.49. The first-order valence-electron chi connectivity index (χ1n) is 6.87. The Morgan fingerprint density at radius 1 is 1.05 bits per heavy atom. The fourth-order valence-electron chi connectivity index (χ4n) is 2.90. The highest BCUT2D eigenvalue weighted by atomic mass is 16.3. The Morgan fingerprint density at radius 2 is 1.84 bits per heavy atom. The summed E-state index contributed by atoms with van der Waals surface area (Å²) in [6.07, 6.45) is 3.73. The van der Waals surface area contributed by atoms with Crippen LogP contribution in [0.1, 0.15) is 34.8 Å². The highest BCUT2D eigenvalue weighted by molar-refractivity contribution is 5.48. The van der Waals surface area contributed by atoms with Gasteiger partial charge in [0.05, 0.1) is 6.10 Å². The van der Waals surface area contributed by atoms with Gasteiger partial charge in [0, 0.05) is 17.7 Å². The zero-order valence-corrected chi connectivity index (χ0v) is 11.0. The molecule has 3 N–H and O–H groups in total. The smallest absolute Gasteiger partial charge is 0.0850 e. The average Bonchev–Trinajstić information content (AvgIpc) is 2.86. The molecule has 2 heteroatoms. The fourth-order valence-corrected chi connectivity index (χ4v) is 2.90. The van der Waals surface area contributed by atoms with Crippen LogP contribution in [0.3, 0.4) is 0 Å². The molecule has 0 fully saturated rings. The predicted molar refractivity (Wildman–Crippen MR) is 78.0 cm³/mol. The summed E-state index contributed by atoms with van der Waals surface area (Å²) in [5, 5.41) is 10.3. The van der Waals surface area contributed by atoms with E-state index < -0.39 is 6.10 Å². The summed E-state index contributed by atoms with van der Waals surface area (Å²) in [5.41, 5.74) is 11.5. The maximum Gasteiger partial charge on any atom is 0.0850 e. The van der Waals surface area contributed by atoms with Crippen molar-refractivity contribution in [2.24, 2.45) is 0 Å². The van der Waals surface area contributed by atoms with Crippen molar-refractivity contribution >= 4 is 5.69 Å². The molecule has 0 saturated carbocycles. The number of fused-ring (bicyclic) bond motifs is 1. The predicted octanol–water partition coefficient (Wildman–Crippen LogP) is 3.03. The summed E-state index contributed by atoms with van der Waals surface area (Å²) in [7, 11) is 0. The minimum absolute atomic E-state index is 0.527. The Bertz CT molecular complexity index is 592. The van der Waals surface area contributed by atoms with Crippen molar-refractivity contribution in [2.45, 2.75) is 31.8 Å². The molecule has 1 aliphatic carbocycles. The van der Waals surface area contributed by atoms with Crippen molar-refractivity contribution in [1.82, 2.24) is 0 Å². The molecule has 1 aliphatic rings. The molecule has 0 radical (unpaired) electrons. The van der Waals surface area contributed by atoms with Gasteiger partial charge in [0.2, 0.25) is 0 Å². The zero-order chi connectivity index (χ0) is 13.2. The molecule has 2 aromatic carbocycles. The van der Waals surface area contributed by atoms with Crippen LogP contribution in [0.4, 0.5) is 5.69 Å².